The molecule has 1 atom stereocenters. The van der Waals surface area contributed by atoms with Crippen molar-refractivity contribution in [3.8, 4) is 16.9 Å². The van der Waals surface area contributed by atoms with Gasteiger partial charge < -0.3 is 16.2 Å². The molecule has 5 rings (SSSR count). The molecule has 1 saturated carbocycles. The summed E-state index contributed by atoms with van der Waals surface area (Å²) in [5.41, 5.74) is 19.5. The number of hydrogen-bond donors (Lipinski definition) is 2. The molecule has 176 valence electrons. The topological polar surface area (TPSA) is 104 Å². The predicted octanol–water partition coefficient (Wildman–Crippen LogP) is 4.22. The van der Waals surface area contributed by atoms with Crippen LogP contribution in [0.3, 0.4) is 0 Å². The zero-order valence-electron chi connectivity index (χ0n) is 19.7. The van der Waals surface area contributed by atoms with Gasteiger partial charge in [-0.1, -0.05) is 0 Å². The molecule has 0 spiro atoms. The first-order valence-corrected chi connectivity index (χ1v) is 11.5. The van der Waals surface area contributed by atoms with Crippen molar-refractivity contribution >= 4 is 17.7 Å². The van der Waals surface area contributed by atoms with E-state index in [1.54, 1.807) is 25.5 Å². The average molecular weight is 461 g/mol. The molecule has 4 N–H and O–H groups in total. The van der Waals surface area contributed by atoms with Gasteiger partial charge in [0.1, 0.15) is 11.9 Å². The van der Waals surface area contributed by atoms with Crippen LogP contribution >= 0.6 is 0 Å². The summed E-state index contributed by atoms with van der Waals surface area (Å²) in [7, 11) is 3.69. The van der Waals surface area contributed by atoms with Gasteiger partial charge in [-0.3, -0.25) is 9.67 Å². The third-order valence-corrected chi connectivity index (χ3v) is 6.62. The largest absolute Gasteiger partial charge is 0.482 e. The highest BCUT2D eigenvalue weighted by Gasteiger charge is 2.29. The lowest BCUT2D eigenvalue weighted by atomic mass is 9.93. The maximum absolute atomic E-state index is 14.3. The van der Waals surface area contributed by atoms with Crippen LogP contribution in [-0.4, -0.2) is 28.0 Å². The van der Waals surface area contributed by atoms with Gasteiger partial charge in [0.05, 0.1) is 5.69 Å². The smallest absolute Gasteiger partial charge is 0.166 e. The van der Waals surface area contributed by atoms with E-state index >= 15 is 0 Å². The van der Waals surface area contributed by atoms with Crippen LogP contribution in [0.25, 0.3) is 16.8 Å². The Morgan fingerprint density at radius 2 is 2.06 bits per heavy atom. The van der Waals surface area contributed by atoms with Crippen molar-refractivity contribution in [2.75, 3.05) is 12.8 Å². The van der Waals surface area contributed by atoms with E-state index in [9.17, 15) is 4.39 Å². The lowest BCUT2D eigenvalue weighted by Gasteiger charge is -2.22. The Morgan fingerprint density at radius 1 is 1.26 bits per heavy atom. The highest BCUT2D eigenvalue weighted by atomic mass is 19.1. The van der Waals surface area contributed by atoms with Gasteiger partial charge in [-0.25, -0.2) is 9.37 Å². The summed E-state index contributed by atoms with van der Waals surface area (Å²) in [5, 5.41) is 4.89. The number of fused-ring (bicyclic) bond motifs is 5. The Labute approximate surface area is 198 Å². The standard InChI is InChI=1S/C26H29FN6O/c1-14-20-11-18(27)6-7-19(20)25(28)17(12-30-2)9-21-24(16-10-23(34-14)26(29)31-13-16)22(33(3)32-21)8-15-4-5-15/h6-7,10-15H,4-5,8-9,28H2,1-3H3,(H2,29,31). The highest BCUT2D eigenvalue weighted by Crippen LogP contribution is 2.40. The van der Waals surface area contributed by atoms with E-state index in [-0.39, 0.29) is 11.6 Å². The molecule has 34 heavy (non-hydrogen) atoms. The number of nitrogens with zero attached hydrogens (tertiary/aromatic N) is 4. The zero-order valence-corrected chi connectivity index (χ0v) is 19.7. The molecule has 1 aliphatic carbocycles. The number of ether oxygens (including phenoxy) is 1. The molecule has 0 amide bonds. The van der Waals surface area contributed by atoms with Crippen LogP contribution in [0.2, 0.25) is 0 Å². The Balaban J connectivity index is 1.78. The molecule has 3 aromatic rings. The van der Waals surface area contributed by atoms with Gasteiger partial charge in [0.15, 0.2) is 11.6 Å². The number of aromatic nitrogens is 3. The molecular weight excluding hydrogens is 431 g/mol. The quantitative estimate of drug-likeness (QED) is 0.570. The molecule has 2 aromatic heterocycles. The summed E-state index contributed by atoms with van der Waals surface area (Å²) in [6.07, 6.45) is 6.91. The highest BCUT2D eigenvalue weighted by molar-refractivity contribution is 5.91. The van der Waals surface area contributed by atoms with Crippen LogP contribution in [0.4, 0.5) is 10.2 Å². The van der Waals surface area contributed by atoms with E-state index < -0.39 is 6.10 Å². The molecular formula is C26H29FN6O. The van der Waals surface area contributed by atoms with E-state index in [1.165, 1.54) is 25.0 Å². The fourth-order valence-corrected chi connectivity index (χ4v) is 4.68. The molecule has 1 aliphatic heterocycles. The van der Waals surface area contributed by atoms with Gasteiger partial charge >= 0.3 is 0 Å². The number of benzene rings is 1. The normalized spacial score (nSPS) is 18.2. The summed E-state index contributed by atoms with van der Waals surface area (Å²) >= 11 is 0. The number of nitrogens with two attached hydrogens (primary N) is 2. The Bertz CT molecular complexity index is 1320. The van der Waals surface area contributed by atoms with E-state index in [4.69, 9.17) is 21.3 Å². The first-order chi connectivity index (χ1) is 16.4. The minimum absolute atomic E-state index is 0.280. The second-order valence-corrected chi connectivity index (χ2v) is 9.14. The van der Waals surface area contributed by atoms with Gasteiger partial charge in [0.2, 0.25) is 0 Å². The molecule has 0 saturated heterocycles. The number of rotatable bonds is 3. The van der Waals surface area contributed by atoms with Gasteiger partial charge in [-0.2, -0.15) is 5.10 Å². The molecule has 1 aromatic carbocycles. The number of allylic oxidation sites excluding steroid dienone is 1. The predicted molar refractivity (Wildman–Crippen MR) is 132 cm³/mol. The number of hydrogen-bond acceptors (Lipinski definition) is 6. The fraction of sp³-hybridized carbons (Fsp3) is 0.346. The maximum atomic E-state index is 14.3. The summed E-state index contributed by atoms with van der Waals surface area (Å²) in [4.78, 5) is 8.68. The van der Waals surface area contributed by atoms with Crippen molar-refractivity contribution in [3.05, 3.63) is 64.4 Å². The Morgan fingerprint density at radius 3 is 2.79 bits per heavy atom. The third-order valence-electron chi connectivity index (χ3n) is 6.62. The van der Waals surface area contributed by atoms with E-state index in [2.05, 4.69) is 9.98 Å². The first-order valence-electron chi connectivity index (χ1n) is 11.5. The Hall–Kier alpha value is -3.68. The fourth-order valence-electron chi connectivity index (χ4n) is 4.68. The minimum atomic E-state index is -0.512. The number of pyridine rings is 1. The van der Waals surface area contributed by atoms with Crippen LogP contribution < -0.4 is 16.2 Å². The molecule has 3 heterocycles. The molecule has 1 unspecified atom stereocenters. The SMILES string of the molecule is CN=CC1=C(N)c2ccc(F)cc2C(C)Oc2cc(cnc2N)-c2c(nn(C)c2CC2CC2)C1. The number of anilines is 1. The van der Waals surface area contributed by atoms with Crippen molar-refractivity contribution in [1.82, 2.24) is 14.8 Å². The Kier molecular flexibility index (Phi) is 5.59. The average Bonchev–Trinajstić information content (AvgIpc) is 3.57. The van der Waals surface area contributed by atoms with Crippen LogP contribution in [0.5, 0.6) is 5.75 Å². The molecule has 2 bridgehead atoms. The number of nitrogen functional groups attached to an aromatic ring is 1. The summed E-state index contributed by atoms with van der Waals surface area (Å²) < 4.78 is 22.5. The molecule has 0 radical (unpaired) electrons. The van der Waals surface area contributed by atoms with Gasteiger partial charge in [0.25, 0.3) is 0 Å². The van der Waals surface area contributed by atoms with E-state index in [0.29, 0.717) is 34.9 Å². The number of aryl methyl sites for hydroxylation is 1. The van der Waals surface area contributed by atoms with Crippen molar-refractivity contribution in [1.29, 1.82) is 0 Å². The second-order valence-electron chi connectivity index (χ2n) is 9.14. The summed E-state index contributed by atoms with van der Waals surface area (Å²) in [6, 6.07) is 6.45. The van der Waals surface area contributed by atoms with Crippen molar-refractivity contribution in [2.24, 2.45) is 23.7 Å². The lowest BCUT2D eigenvalue weighted by molar-refractivity contribution is 0.227. The zero-order chi connectivity index (χ0) is 24.0. The second kappa shape index (κ2) is 8.59. The van der Waals surface area contributed by atoms with Crippen LogP contribution in [-0.2, 0) is 19.9 Å². The van der Waals surface area contributed by atoms with E-state index in [1.807, 2.05) is 24.7 Å². The third kappa shape index (κ3) is 4.04. The minimum Gasteiger partial charge on any atom is -0.482 e. The van der Waals surface area contributed by atoms with Crippen LogP contribution in [0.15, 0.2) is 41.0 Å². The van der Waals surface area contributed by atoms with Gasteiger partial charge in [-0.15, -0.1) is 0 Å². The monoisotopic (exact) mass is 460 g/mol. The van der Waals surface area contributed by atoms with Gasteiger partial charge in [0, 0.05) is 66.6 Å². The van der Waals surface area contributed by atoms with Crippen molar-refractivity contribution in [2.45, 2.75) is 38.7 Å². The maximum Gasteiger partial charge on any atom is 0.166 e. The molecule has 2 aliphatic rings. The summed E-state index contributed by atoms with van der Waals surface area (Å²) in [5.74, 6) is 1.04. The van der Waals surface area contributed by atoms with Crippen LogP contribution in [0, 0.1) is 11.7 Å². The molecule has 7 nitrogen and oxygen atoms in total. The number of halogens is 1. The van der Waals surface area contributed by atoms with Crippen molar-refractivity contribution < 1.29 is 9.13 Å². The van der Waals surface area contributed by atoms with Crippen molar-refractivity contribution in [3.63, 3.8) is 0 Å². The summed E-state index contributed by atoms with van der Waals surface area (Å²) in [6.45, 7) is 1.85. The molecule has 1 fully saturated rings. The molecule has 8 heteroatoms. The van der Waals surface area contributed by atoms with E-state index in [0.717, 1.165) is 34.5 Å². The van der Waals surface area contributed by atoms with Gasteiger partial charge in [-0.05, 0) is 61.9 Å². The number of aliphatic imine (C=N–C) groups is 1. The first kappa shape index (κ1) is 22.1. The van der Waals surface area contributed by atoms with Crippen LogP contribution in [0.1, 0.15) is 48.4 Å². The lowest BCUT2D eigenvalue weighted by Crippen LogP contribution is -2.14.